The Balaban J connectivity index is 1.56. The van der Waals surface area contributed by atoms with Gasteiger partial charge in [-0.2, -0.15) is 0 Å². The van der Waals surface area contributed by atoms with Gasteiger partial charge in [-0.25, -0.2) is 9.97 Å². The molecule has 0 bridgehead atoms. The number of rotatable bonds is 6. The zero-order valence-electron chi connectivity index (χ0n) is 17.6. The molecule has 1 saturated heterocycles. The minimum atomic E-state index is -0.217. The average Bonchev–Trinajstić information content (AvgIpc) is 2.80. The topological polar surface area (TPSA) is 85.8 Å². The molecule has 1 unspecified atom stereocenters. The van der Waals surface area contributed by atoms with Gasteiger partial charge in [-0.15, -0.1) is 0 Å². The molecule has 0 spiro atoms. The van der Waals surface area contributed by atoms with E-state index in [1.165, 1.54) is 6.33 Å². The summed E-state index contributed by atoms with van der Waals surface area (Å²) in [7, 11) is 1.57. The van der Waals surface area contributed by atoms with Crippen LogP contribution >= 0.6 is 23.2 Å². The molecule has 1 N–H and O–H groups in total. The van der Waals surface area contributed by atoms with Crippen LogP contribution in [0.1, 0.15) is 6.92 Å². The zero-order valence-corrected chi connectivity index (χ0v) is 19.1. The van der Waals surface area contributed by atoms with Gasteiger partial charge in [0, 0.05) is 30.6 Å². The molecule has 4 rings (SSSR count). The monoisotopic (exact) mass is 476 g/mol. The first-order valence-corrected chi connectivity index (χ1v) is 10.7. The minimum Gasteiger partial charge on any atom is -0.493 e. The molecular weight excluding hydrogens is 455 g/mol. The van der Waals surface area contributed by atoms with Crippen LogP contribution in [0.25, 0.3) is 10.9 Å². The van der Waals surface area contributed by atoms with Crippen LogP contribution in [0, 0.1) is 0 Å². The fraction of sp³-hybridized carbons (Fsp3) is 0.318. The normalized spacial score (nSPS) is 16.1. The number of hydrogen-bond donors (Lipinski definition) is 1. The highest BCUT2D eigenvalue weighted by Crippen LogP contribution is 2.35. The van der Waals surface area contributed by atoms with Crippen molar-refractivity contribution in [2.45, 2.75) is 13.0 Å². The van der Waals surface area contributed by atoms with Crippen LogP contribution in [0.3, 0.4) is 0 Å². The van der Waals surface area contributed by atoms with Crippen molar-refractivity contribution in [2.75, 3.05) is 38.7 Å². The fourth-order valence-corrected chi connectivity index (χ4v) is 3.73. The van der Waals surface area contributed by atoms with E-state index in [4.69, 9.17) is 37.4 Å². The van der Waals surface area contributed by atoms with E-state index in [0.29, 0.717) is 52.6 Å². The Labute approximate surface area is 195 Å². The van der Waals surface area contributed by atoms with Crippen molar-refractivity contribution in [2.24, 2.45) is 0 Å². The third kappa shape index (κ3) is 4.98. The van der Waals surface area contributed by atoms with Gasteiger partial charge in [0.2, 0.25) is 5.91 Å². The Morgan fingerprint density at radius 2 is 2.06 bits per heavy atom. The number of ether oxygens (including phenoxy) is 3. The summed E-state index contributed by atoms with van der Waals surface area (Å²) in [6, 6.07) is 8.85. The molecule has 10 heteroatoms. The molecule has 1 amide bonds. The second-order valence-corrected chi connectivity index (χ2v) is 8.08. The van der Waals surface area contributed by atoms with Gasteiger partial charge in [0.15, 0.2) is 11.5 Å². The van der Waals surface area contributed by atoms with E-state index in [9.17, 15) is 4.79 Å². The Bertz CT molecular complexity index is 1140. The smallest absolute Gasteiger partial charge is 0.219 e. The highest BCUT2D eigenvalue weighted by Gasteiger charge is 2.23. The van der Waals surface area contributed by atoms with Gasteiger partial charge in [-0.1, -0.05) is 23.2 Å². The Kier molecular flexibility index (Phi) is 6.83. The van der Waals surface area contributed by atoms with Crippen LogP contribution in [0.5, 0.6) is 11.5 Å². The molecule has 1 aliphatic rings. The van der Waals surface area contributed by atoms with Gasteiger partial charge in [0.05, 0.1) is 35.8 Å². The molecule has 0 saturated carbocycles. The molecule has 1 fully saturated rings. The van der Waals surface area contributed by atoms with Crippen molar-refractivity contribution >= 4 is 51.5 Å². The highest BCUT2D eigenvalue weighted by molar-refractivity contribution is 6.42. The summed E-state index contributed by atoms with van der Waals surface area (Å²) in [5.74, 6) is 1.68. The number of nitrogens with zero attached hydrogens (tertiary/aromatic N) is 3. The van der Waals surface area contributed by atoms with Crippen molar-refractivity contribution in [3.05, 3.63) is 46.7 Å². The van der Waals surface area contributed by atoms with Gasteiger partial charge in [-0.05, 0) is 24.3 Å². The number of halogens is 2. The Hall–Kier alpha value is -2.81. The third-order valence-electron chi connectivity index (χ3n) is 5.11. The fourth-order valence-electron chi connectivity index (χ4n) is 3.44. The molecule has 1 aliphatic heterocycles. The van der Waals surface area contributed by atoms with E-state index < -0.39 is 0 Å². The summed E-state index contributed by atoms with van der Waals surface area (Å²) in [4.78, 5) is 22.1. The number of aromatic nitrogens is 2. The van der Waals surface area contributed by atoms with E-state index in [2.05, 4.69) is 15.3 Å². The summed E-state index contributed by atoms with van der Waals surface area (Å²) < 4.78 is 17.3. The maximum atomic E-state index is 11.6. The van der Waals surface area contributed by atoms with Crippen LogP contribution in [0.2, 0.25) is 10.0 Å². The van der Waals surface area contributed by atoms with Crippen molar-refractivity contribution < 1.29 is 19.0 Å². The van der Waals surface area contributed by atoms with E-state index in [-0.39, 0.29) is 18.6 Å². The largest absolute Gasteiger partial charge is 0.493 e. The van der Waals surface area contributed by atoms with Crippen LogP contribution in [0.15, 0.2) is 36.7 Å². The molecule has 2 aromatic carbocycles. The van der Waals surface area contributed by atoms with Crippen molar-refractivity contribution in [3.63, 3.8) is 0 Å². The molecule has 2 heterocycles. The number of anilines is 2. The second-order valence-electron chi connectivity index (χ2n) is 7.27. The molecule has 0 aliphatic carbocycles. The summed E-state index contributed by atoms with van der Waals surface area (Å²) in [5, 5.41) is 4.90. The minimum absolute atomic E-state index is 0.0280. The Morgan fingerprint density at radius 1 is 1.22 bits per heavy atom. The van der Waals surface area contributed by atoms with Gasteiger partial charge in [0.25, 0.3) is 0 Å². The predicted molar refractivity (Wildman–Crippen MR) is 123 cm³/mol. The first kappa shape index (κ1) is 22.4. The number of hydrogen-bond acceptors (Lipinski definition) is 7. The average molecular weight is 477 g/mol. The van der Waals surface area contributed by atoms with Gasteiger partial charge >= 0.3 is 0 Å². The van der Waals surface area contributed by atoms with E-state index in [0.717, 1.165) is 11.1 Å². The van der Waals surface area contributed by atoms with Crippen LogP contribution < -0.4 is 14.8 Å². The lowest BCUT2D eigenvalue weighted by molar-refractivity contribution is -0.137. The number of carbonyl (C=O) groups excluding carboxylic acids is 1. The number of benzene rings is 2. The SMILES string of the molecule is COc1cc2c(Nc3ccc(Cl)c(Cl)c3)ncnc2cc1OCC1CN(C(C)=O)CCO1. The lowest BCUT2D eigenvalue weighted by Crippen LogP contribution is -2.46. The molecular formula is C22H22Cl2N4O4. The van der Waals surface area contributed by atoms with Crippen LogP contribution in [0.4, 0.5) is 11.5 Å². The van der Waals surface area contributed by atoms with Crippen molar-refractivity contribution in [1.82, 2.24) is 14.9 Å². The maximum Gasteiger partial charge on any atom is 0.219 e. The molecule has 3 aromatic rings. The summed E-state index contributed by atoms with van der Waals surface area (Å²) in [6.07, 6.45) is 1.25. The third-order valence-corrected chi connectivity index (χ3v) is 5.85. The standard InChI is InChI=1S/C22H22Cl2N4O4/c1-13(29)28-5-6-31-15(10-28)11-32-21-9-19-16(8-20(21)30-2)22(26-12-25-19)27-14-3-4-17(23)18(24)7-14/h3-4,7-9,12,15H,5-6,10-11H2,1-2H3,(H,25,26,27). The quantitative estimate of drug-likeness (QED) is 0.566. The molecule has 1 aromatic heterocycles. The lowest BCUT2D eigenvalue weighted by Gasteiger charge is -2.32. The van der Waals surface area contributed by atoms with E-state index in [1.54, 1.807) is 37.1 Å². The van der Waals surface area contributed by atoms with Crippen molar-refractivity contribution in [3.8, 4) is 11.5 Å². The maximum absolute atomic E-state index is 11.6. The zero-order chi connectivity index (χ0) is 22.7. The van der Waals surface area contributed by atoms with Gasteiger partial charge in [-0.3, -0.25) is 4.79 Å². The number of carbonyl (C=O) groups is 1. The van der Waals surface area contributed by atoms with Gasteiger partial charge in [0.1, 0.15) is 24.9 Å². The summed E-state index contributed by atoms with van der Waals surface area (Å²) in [6.45, 7) is 3.41. The number of nitrogens with one attached hydrogen (secondary N) is 1. The highest BCUT2D eigenvalue weighted by atomic mass is 35.5. The van der Waals surface area contributed by atoms with Gasteiger partial charge < -0.3 is 24.4 Å². The number of amides is 1. The summed E-state index contributed by atoms with van der Waals surface area (Å²) in [5.41, 5.74) is 1.41. The first-order valence-electron chi connectivity index (χ1n) is 9.99. The van der Waals surface area contributed by atoms with E-state index in [1.807, 2.05) is 12.1 Å². The first-order chi connectivity index (χ1) is 15.4. The molecule has 1 atom stereocenters. The molecule has 8 nitrogen and oxygen atoms in total. The molecule has 168 valence electrons. The van der Waals surface area contributed by atoms with Crippen LogP contribution in [-0.2, 0) is 9.53 Å². The second kappa shape index (κ2) is 9.77. The molecule has 32 heavy (non-hydrogen) atoms. The molecule has 0 radical (unpaired) electrons. The Morgan fingerprint density at radius 3 is 2.81 bits per heavy atom. The van der Waals surface area contributed by atoms with Crippen LogP contribution in [-0.4, -0.2) is 60.3 Å². The van der Waals surface area contributed by atoms with Crippen molar-refractivity contribution in [1.29, 1.82) is 0 Å². The summed E-state index contributed by atoms with van der Waals surface area (Å²) >= 11 is 12.1. The number of fused-ring (bicyclic) bond motifs is 1. The predicted octanol–water partition coefficient (Wildman–Crippen LogP) is 4.31. The number of methoxy groups -OCH3 is 1. The van der Waals surface area contributed by atoms with E-state index >= 15 is 0 Å². The lowest BCUT2D eigenvalue weighted by atomic mass is 10.2. The number of morpholine rings is 1.